The summed E-state index contributed by atoms with van der Waals surface area (Å²) in [6, 6.07) is 9.86. The van der Waals surface area contributed by atoms with Crippen LogP contribution < -0.4 is 5.32 Å². The first-order valence-corrected chi connectivity index (χ1v) is 11.2. The van der Waals surface area contributed by atoms with Crippen molar-refractivity contribution in [1.82, 2.24) is 15.2 Å². The summed E-state index contributed by atoms with van der Waals surface area (Å²) in [6.45, 7) is 3.70. The molecule has 1 atom stereocenters. The van der Waals surface area contributed by atoms with E-state index >= 15 is 0 Å². The quantitative estimate of drug-likeness (QED) is 0.252. The van der Waals surface area contributed by atoms with Crippen molar-refractivity contribution in [3.63, 3.8) is 0 Å². The molecule has 0 fully saturated rings. The lowest BCUT2D eigenvalue weighted by molar-refractivity contribution is -0.384. The highest BCUT2D eigenvalue weighted by molar-refractivity contribution is 5.68. The van der Waals surface area contributed by atoms with Gasteiger partial charge in [-0.1, -0.05) is 42.5 Å². The van der Waals surface area contributed by atoms with Crippen molar-refractivity contribution >= 4 is 11.5 Å². The van der Waals surface area contributed by atoms with Crippen LogP contribution in [0.5, 0.6) is 0 Å². The van der Waals surface area contributed by atoms with Gasteiger partial charge >= 0.3 is 11.9 Å². The van der Waals surface area contributed by atoms with Gasteiger partial charge in [-0.25, -0.2) is 4.98 Å². The number of anilines is 1. The zero-order valence-electron chi connectivity index (χ0n) is 19.6. The molecular weight excluding hydrogens is 479 g/mol. The van der Waals surface area contributed by atoms with Gasteiger partial charge in [0, 0.05) is 18.0 Å². The molecule has 1 aliphatic heterocycles. The summed E-state index contributed by atoms with van der Waals surface area (Å²) in [7, 11) is 0. The normalized spacial score (nSPS) is 18.6. The van der Waals surface area contributed by atoms with E-state index in [0.29, 0.717) is 25.3 Å². The molecule has 3 heterocycles. The highest BCUT2D eigenvalue weighted by Gasteiger charge is 2.40. The zero-order valence-corrected chi connectivity index (χ0v) is 19.6. The Labute approximate surface area is 204 Å². The fourth-order valence-corrected chi connectivity index (χ4v) is 3.75. The third kappa shape index (κ3) is 5.88. The molecule has 12 heteroatoms. The van der Waals surface area contributed by atoms with Crippen molar-refractivity contribution in [3.8, 4) is 11.6 Å². The van der Waals surface area contributed by atoms with Crippen molar-refractivity contribution in [3.05, 3.63) is 75.7 Å². The monoisotopic (exact) mass is 503 g/mol. The Balaban J connectivity index is 1.80. The van der Waals surface area contributed by atoms with Crippen LogP contribution in [0.3, 0.4) is 0 Å². The van der Waals surface area contributed by atoms with E-state index in [0.717, 1.165) is 5.56 Å². The van der Waals surface area contributed by atoms with Gasteiger partial charge in [0.05, 0.1) is 11.5 Å². The number of benzene rings is 1. The first-order chi connectivity index (χ1) is 17.0. The first kappa shape index (κ1) is 25.3. The summed E-state index contributed by atoms with van der Waals surface area (Å²) in [6.07, 6.45) is -0.353. The third-order valence-electron chi connectivity index (χ3n) is 5.63. The first-order valence-electron chi connectivity index (χ1n) is 11.2. The molecule has 0 spiro atoms. The minimum absolute atomic E-state index is 0.0356. The molecule has 0 radical (unpaired) electrons. The van der Waals surface area contributed by atoms with Gasteiger partial charge in [0.25, 0.3) is 5.89 Å². The summed E-state index contributed by atoms with van der Waals surface area (Å²) in [5, 5.41) is 22.3. The average Bonchev–Trinajstić information content (AvgIpc) is 3.29. The number of allylic oxidation sites excluding steroid dienone is 1. The van der Waals surface area contributed by atoms with Gasteiger partial charge in [0.1, 0.15) is 17.5 Å². The molecule has 1 aliphatic rings. The van der Waals surface area contributed by atoms with Crippen LogP contribution in [0.4, 0.5) is 24.7 Å². The van der Waals surface area contributed by atoms with Crippen molar-refractivity contribution in [2.45, 2.75) is 57.5 Å². The molecule has 1 N–H and O–H groups in total. The highest BCUT2D eigenvalue weighted by atomic mass is 19.4. The maximum atomic E-state index is 13.8. The summed E-state index contributed by atoms with van der Waals surface area (Å²) in [4.78, 5) is 14.7. The van der Waals surface area contributed by atoms with E-state index in [1.54, 1.807) is 13.8 Å². The Morgan fingerprint density at radius 2 is 1.97 bits per heavy atom. The molecule has 1 aromatic carbocycles. The minimum atomic E-state index is -4.88. The smallest absolute Gasteiger partial charge is 0.416 e. The van der Waals surface area contributed by atoms with E-state index < -0.39 is 45.5 Å². The van der Waals surface area contributed by atoms with Crippen LogP contribution in [0.25, 0.3) is 11.6 Å². The molecule has 4 bridgehead atoms. The molecule has 3 aromatic rings. The topological polar surface area (TPSA) is 116 Å². The Kier molecular flexibility index (Phi) is 7.07. The number of pyridine rings is 1. The number of nitro groups is 1. The Morgan fingerprint density at radius 1 is 1.22 bits per heavy atom. The molecule has 4 rings (SSSR count). The molecule has 36 heavy (non-hydrogen) atoms. The number of aromatic nitrogens is 3. The van der Waals surface area contributed by atoms with E-state index in [1.807, 2.05) is 42.5 Å². The van der Waals surface area contributed by atoms with E-state index in [1.165, 1.54) is 0 Å². The van der Waals surface area contributed by atoms with Gasteiger partial charge < -0.3 is 14.5 Å². The van der Waals surface area contributed by atoms with E-state index in [4.69, 9.17) is 9.15 Å². The van der Waals surface area contributed by atoms with Crippen LogP contribution >= 0.6 is 0 Å². The molecular formula is C24H24F3N5O4. The second-order valence-electron chi connectivity index (χ2n) is 8.99. The van der Waals surface area contributed by atoms with Crippen molar-refractivity contribution in [2.24, 2.45) is 0 Å². The second-order valence-corrected chi connectivity index (χ2v) is 8.99. The number of hydrogen-bond acceptors (Lipinski definition) is 8. The summed E-state index contributed by atoms with van der Waals surface area (Å²) in [5.41, 5.74) is -2.50. The van der Waals surface area contributed by atoms with E-state index in [-0.39, 0.29) is 18.4 Å². The van der Waals surface area contributed by atoms with Crippen molar-refractivity contribution < 1.29 is 27.2 Å². The Morgan fingerprint density at radius 3 is 2.67 bits per heavy atom. The average molecular weight is 503 g/mol. The van der Waals surface area contributed by atoms with Gasteiger partial charge in [-0.3, -0.25) is 10.1 Å². The molecule has 190 valence electrons. The molecule has 0 aliphatic carbocycles. The molecule has 0 amide bonds. The fraction of sp³-hybridized carbons (Fsp3) is 0.375. The number of alkyl halides is 3. The number of nitrogens with zero attached hydrogens (tertiary/aromatic N) is 4. The number of ether oxygens (including phenoxy) is 1. The molecule has 0 saturated carbocycles. The second kappa shape index (κ2) is 10.1. The summed E-state index contributed by atoms with van der Waals surface area (Å²) in [5.74, 6) is -0.889. The maximum Gasteiger partial charge on any atom is 0.420 e. The standard InChI is InChI=1S/C24H24F3N5O4/c1-23(2)12-8-4-7-11-18(35-14-15-9-5-3-6-10-15)21-30-31-22(36-21)19-17(32(33)34)13-16(24(25,26)27)20(28-19)29-23/h3-7,9-10,13,18H,8,11-12,14H2,1-2H3,(H,28,29)/b7-4+. The number of nitrogens with one attached hydrogen (secondary N) is 1. The number of hydrogen-bond donors (Lipinski definition) is 1. The van der Waals surface area contributed by atoms with Crippen LogP contribution in [-0.4, -0.2) is 25.6 Å². The van der Waals surface area contributed by atoms with E-state index in [2.05, 4.69) is 20.5 Å². The lowest BCUT2D eigenvalue weighted by Crippen LogP contribution is -2.32. The lowest BCUT2D eigenvalue weighted by atomic mass is 9.97. The Bertz CT molecular complexity index is 1260. The van der Waals surface area contributed by atoms with E-state index in [9.17, 15) is 23.3 Å². The fourth-order valence-electron chi connectivity index (χ4n) is 3.75. The van der Waals surface area contributed by atoms with Crippen LogP contribution in [0, 0.1) is 10.1 Å². The van der Waals surface area contributed by atoms with Gasteiger partial charge in [-0.2, -0.15) is 13.2 Å². The van der Waals surface area contributed by atoms with Crippen LogP contribution in [0.1, 0.15) is 56.2 Å². The van der Waals surface area contributed by atoms with Crippen LogP contribution in [-0.2, 0) is 17.5 Å². The molecule has 2 aromatic heterocycles. The summed E-state index contributed by atoms with van der Waals surface area (Å²) >= 11 is 0. The van der Waals surface area contributed by atoms with Crippen molar-refractivity contribution in [2.75, 3.05) is 5.32 Å². The highest BCUT2D eigenvalue weighted by Crippen LogP contribution is 2.41. The largest absolute Gasteiger partial charge is 0.420 e. The van der Waals surface area contributed by atoms with Crippen molar-refractivity contribution in [1.29, 1.82) is 0 Å². The predicted octanol–water partition coefficient (Wildman–Crippen LogP) is 6.25. The van der Waals surface area contributed by atoms with Gasteiger partial charge in [0.15, 0.2) is 0 Å². The Hall–Kier alpha value is -3.80. The van der Waals surface area contributed by atoms with Crippen LogP contribution in [0.15, 0.2) is 53.0 Å². The van der Waals surface area contributed by atoms with Gasteiger partial charge in [-0.05, 0) is 32.3 Å². The molecule has 0 saturated heterocycles. The van der Waals surface area contributed by atoms with Gasteiger partial charge in [0.2, 0.25) is 11.6 Å². The number of halogens is 3. The zero-order chi connectivity index (χ0) is 25.9. The predicted molar refractivity (Wildman–Crippen MR) is 124 cm³/mol. The van der Waals surface area contributed by atoms with Crippen LogP contribution in [0.2, 0.25) is 0 Å². The number of rotatable bonds is 4. The SMILES string of the molecule is CC1(C)CC/C=C/CC(OCc2ccccc2)c2nnc(o2)-c2nc(c(C(F)(F)F)cc2[N+](=O)[O-])N1. The maximum absolute atomic E-state index is 13.8. The summed E-state index contributed by atoms with van der Waals surface area (Å²) < 4.78 is 53.1. The molecule has 9 nitrogen and oxygen atoms in total. The van der Waals surface area contributed by atoms with Gasteiger partial charge in [-0.15, -0.1) is 10.2 Å². The number of fused-ring (bicyclic) bond motifs is 5. The lowest BCUT2D eigenvalue weighted by Gasteiger charge is -2.28. The molecule has 1 unspecified atom stereocenters. The third-order valence-corrected chi connectivity index (χ3v) is 5.63. The minimum Gasteiger partial charge on any atom is -0.416 e.